The Labute approximate surface area is 148 Å². The number of hydrogen-bond donors (Lipinski definition) is 1. The summed E-state index contributed by atoms with van der Waals surface area (Å²) in [5, 5.41) is 12.5. The molecule has 2 nitrogen and oxygen atoms in total. The number of carboxylic acids is 1. The van der Waals surface area contributed by atoms with Crippen LogP contribution < -0.4 is 15.6 Å². The van der Waals surface area contributed by atoms with Gasteiger partial charge in [0.25, 0.3) is 0 Å². The Morgan fingerprint density at radius 2 is 1.08 bits per heavy atom. The highest BCUT2D eigenvalue weighted by Crippen LogP contribution is 2.07. The van der Waals surface area contributed by atoms with Gasteiger partial charge in [0.05, 0.1) is 0 Å². The lowest BCUT2D eigenvalue weighted by molar-refractivity contribution is -0.135. The van der Waals surface area contributed by atoms with Crippen LogP contribution >= 0.6 is 0 Å². The molecule has 0 fully saturated rings. The molecule has 0 saturated heterocycles. The van der Waals surface area contributed by atoms with Crippen LogP contribution in [0.15, 0.2) is 91.0 Å². The van der Waals surface area contributed by atoms with Crippen LogP contribution in [-0.4, -0.2) is 19.1 Å². The summed E-state index contributed by atoms with van der Waals surface area (Å²) in [6.07, 6.45) is -0.152. The normalized spacial score (nSPS) is 10.6. The molecular formula is C22H18O2Si. The van der Waals surface area contributed by atoms with E-state index in [1.165, 1.54) is 0 Å². The van der Waals surface area contributed by atoms with E-state index in [4.69, 9.17) is 5.11 Å². The van der Waals surface area contributed by atoms with E-state index < -0.39 is 14.0 Å². The monoisotopic (exact) mass is 342 g/mol. The molecule has 122 valence electrons. The minimum atomic E-state index is -2.62. The largest absolute Gasteiger partial charge is 0.481 e. The quantitative estimate of drug-likeness (QED) is 0.448. The minimum Gasteiger partial charge on any atom is -0.481 e. The molecule has 0 spiro atoms. The van der Waals surface area contributed by atoms with E-state index in [2.05, 4.69) is 47.9 Å². The van der Waals surface area contributed by atoms with Crippen LogP contribution in [0.2, 0.25) is 0 Å². The fourth-order valence-corrected chi connectivity index (χ4v) is 6.90. The predicted molar refractivity (Wildman–Crippen MR) is 104 cm³/mol. The summed E-state index contributed by atoms with van der Waals surface area (Å²) in [5.41, 5.74) is 3.42. The molecule has 0 unspecified atom stereocenters. The first-order valence-electron chi connectivity index (χ1n) is 8.12. The Bertz CT molecular complexity index is 798. The number of carbonyl (C=O) groups is 1. The lowest BCUT2D eigenvalue weighted by Crippen LogP contribution is -2.66. The third kappa shape index (κ3) is 3.55. The molecule has 25 heavy (non-hydrogen) atoms. The van der Waals surface area contributed by atoms with Crippen LogP contribution in [0.5, 0.6) is 0 Å². The van der Waals surface area contributed by atoms with Gasteiger partial charge in [0.1, 0.15) is 6.42 Å². The maximum Gasteiger partial charge on any atom is 0.315 e. The average Bonchev–Trinajstić information content (AvgIpc) is 2.67. The average molecular weight is 342 g/mol. The Balaban J connectivity index is 2.31. The second-order valence-electron chi connectivity index (χ2n) is 5.72. The van der Waals surface area contributed by atoms with Crippen LogP contribution in [0.4, 0.5) is 0 Å². The van der Waals surface area contributed by atoms with Crippen molar-refractivity contribution in [2.24, 2.45) is 0 Å². The summed E-state index contributed by atoms with van der Waals surface area (Å²) in [4.78, 5) is 11.0. The van der Waals surface area contributed by atoms with Gasteiger partial charge in [-0.05, 0) is 15.6 Å². The van der Waals surface area contributed by atoms with Gasteiger partial charge in [0.2, 0.25) is 8.07 Å². The van der Waals surface area contributed by atoms with Gasteiger partial charge < -0.3 is 5.11 Å². The molecule has 3 aromatic carbocycles. The van der Waals surface area contributed by atoms with Crippen molar-refractivity contribution < 1.29 is 9.90 Å². The molecule has 0 aliphatic heterocycles. The number of carboxylic acid groups (broad SMARTS) is 1. The van der Waals surface area contributed by atoms with Crippen molar-refractivity contribution >= 4 is 29.6 Å². The molecule has 0 aromatic heterocycles. The fraction of sp³-hybridized carbons (Fsp3) is 0.0455. The Kier molecular flexibility index (Phi) is 5.13. The maximum absolute atomic E-state index is 11.0. The SMILES string of the molecule is O=C(O)CC#C[Si](c1ccccc1)(c1ccccc1)c1ccccc1. The van der Waals surface area contributed by atoms with E-state index in [0.29, 0.717) is 0 Å². The summed E-state index contributed by atoms with van der Waals surface area (Å²) in [5.74, 6) is 2.03. The maximum atomic E-state index is 11.0. The number of aliphatic carboxylic acids is 1. The lowest BCUT2D eigenvalue weighted by Gasteiger charge is -2.28. The summed E-state index contributed by atoms with van der Waals surface area (Å²) in [7, 11) is -2.62. The Hall–Kier alpha value is -3.09. The zero-order valence-electron chi connectivity index (χ0n) is 13.7. The van der Waals surface area contributed by atoms with Crippen molar-refractivity contribution in [1.29, 1.82) is 0 Å². The molecule has 0 bridgehead atoms. The molecule has 0 amide bonds. The zero-order chi connectivity index (χ0) is 17.5. The molecule has 3 aromatic rings. The Morgan fingerprint density at radius 3 is 1.40 bits per heavy atom. The van der Waals surface area contributed by atoms with Crippen molar-refractivity contribution in [2.75, 3.05) is 0 Å². The molecule has 0 atom stereocenters. The van der Waals surface area contributed by atoms with Crippen LogP contribution in [-0.2, 0) is 4.79 Å². The van der Waals surface area contributed by atoms with E-state index in [9.17, 15) is 4.79 Å². The third-order valence-electron chi connectivity index (χ3n) is 4.14. The topological polar surface area (TPSA) is 37.3 Å². The molecule has 0 saturated carbocycles. The zero-order valence-corrected chi connectivity index (χ0v) is 14.7. The fourth-order valence-electron chi connectivity index (χ4n) is 3.03. The molecule has 1 N–H and O–H groups in total. The predicted octanol–water partition coefficient (Wildman–Crippen LogP) is 2.17. The van der Waals surface area contributed by atoms with Crippen molar-refractivity contribution in [3.63, 3.8) is 0 Å². The van der Waals surface area contributed by atoms with E-state index in [0.717, 1.165) is 15.6 Å². The highest BCUT2D eigenvalue weighted by atomic mass is 28.3. The first-order valence-corrected chi connectivity index (χ1v) is 10.1. The summed E-state index contributed by atoms with van der Waals surface area (Å²) in [6, 6.07) is 30.7. The molecule has 3 heteroatoms. The van der Waals surface area contributed by atoms with Crippen molar-refractivity contribution in [3.8, 4) is 11.5 Å². The number of hydrogen-bond acceptors (Lipinski definition) is 1. The first kappa shape index (κ1) is 16.8. The summed E-state index contributed by atoms with van der Waals surface area (Å²) >= 11 is 0. The Morgan fingerprint density at radius 1 is 0.720 bits per heavy atom. The molecule has 0 radical (unpaired) electrons. The number of rotatable bonds is 4. The van der Waals surface area contributed by atoms with Crippen LogP contribution in [0.1, 0.15) is 6.42 Å². The van der Waals surface area contributed by atoms with Gasteiger partial charge in [0.15, 0.2) is 0 Å². The van der Waals surface area contributed by atoms with Gasteiger partial charge in [0, 0.05) is 0 Å². The van der Waals surface area contributed by atoms with Crippen LogP contribution in [0, 0.1) is 11.5 Å². The molecule has 3 rings (SSSR count). The number of benzene rings is 3. The van der Waals surface area contributed by atoms with Crippen LogP contribution in [0.25, 0.3) is 0 Å². The molecular weight excluding hydrogens is 324 g/mol. The summed E-state index contributed by atoms with van der Waals surface area (Å²) < 4.78 is 0. The van der Waals surface area contributed by atoms with Crippen molar-refractivity contribution in [3.05, 3.63) is 91.0 Å². The second-order valence-corrected chi connectivity index (χ2v) is 9.20. The van der Waals surface area contributed by atoms with Gasteiger partial charge in [-0.2, -0.15) is 0 Å². The summed E-state index contributed by atoms with van der Waals surface area (Å²) in [6.45, 7) is 0. The van der Waals surface area contributed by atoms with E-state index in [-0.39, 0.29) is 6.42 Å². The van der Waals surface area contributed by atoms with Gasteiger partial charge >= 0.3 is 5.97 Å². The van der Waals surface area contributed by atoms with Gasteiger partial charge in [-0.3, -0.25) is 4.79 Å². The molecule has 0 aliphatic carbocycles. The smallest absolute Gasteiger partial charge is 0.315 e. The first-order chi connectivity index (χ1) is 12.2. The van der Waals surface area contributed by atoms with E-state index in [1.54, 1.807) is 0 Å². The minimum absolute atomic E-state index is 0.152. The second kappa shape index (κ2) is 7.65. The highest BCUT2D eigenvalue weighted by molar-refractivity contribution is 7.16. The van der Waals surface area contributed by atoms with E-state index >= 15 is 0 Å². The lowest BCUT2D eigenvalue weighted by atomic mass is 10.3. The highest BCUT2D eigenvalue weighted by Gasteiger charge is 2.38. The standard InChI is InChI=1S/C22H18O2Si/c23-22(24)17-10-18-25(19-11-4-1-5-12-19,20-13-6-2-7-14-20)21-15-8-3-9-16-21/h1-9,11-16H,17H2,(H,23,24). The van der Waals surface area contributed by atoms with Crippen molar-refractivity contribution in [1.82, 2.24) is 0 Å². The van der Waals surface area contributed by atoms with Gasteiger partial charge in [-0.1, -0.05) is 96.9 Å². The van der Waals surface area contributed by atoms with E-state index in [1.807, 2.05) is 54.6 Å². The molecule has 0 heterocycles. The molecule has 0 aliphatic rings. The van der Waals surface area contributed by atoms with Crippen LogP contribution in [0.3, 0.4) is 0 Å². The van der Waals surface area contributed by atoms with Gasteiger partial charge in [-0.25, -0.2) is 0 Å². The van der Waals surface area contributed by atoms with Crippen molar-refractivity contribution in [2.45, 2.75) is 6.42 Å². The van der Waals surface area contributed by atoms with Gasteiger partial charge in [-0.15, -0.1) is 5.54 Å². The third-order valence-corrected chi connectivity index (χ3v) is 8.29.